The van der Waals surface area contributed by atoms with Gasteiger partial charge >= 0.3 is 0 Å². The van der Waals surface area contributed by atoms with Crippen molar-refractivity contribution in [2.24, 2.45) is 0 Å². The van der Waals surface area contributed by atoms with E-state index in [9.17, 15) is 5.26 Å². The Morgan fingerprint density at radius 2 is 1.22 bits per heavy atom. The normalized spacial score (nSPS) is 15.6. The number of hydrogen-bond donors (Lipinski definition) is 0. The fraction of sp³-hybridized carbons (Fsp3) is 0.0364. The molecule has 1 aliphatic heterocycles. The number of allylic oxidation sites excluding steroid dienone is 2. The van der Waals surface area contributed by atoms with Gasteiger partial charge in [0.15, 0.2) is 0 Å². The summed E-state index contributed by atoms with van der Waals surface area (Å²) in [5.74, 6) is 0.297. The van der Waals surface area contributed by atoms with Crippen molar-refractivity contribution in [1.29, 1.82) is 5.26 Å². The third-order valence-electron chi connectivity index (χ3n) is 12.3. The van der Waals surface area contributed by atoms with E-state index < -0.39 is 0 Å². The maximum absolute atomic E-state index is 9.90. The van der Waals surface area contributed by atoms with E-state index in [1.54, 1.807) is 0 Å². The van der Waals surface area contributed by atoms with Crippen LogP contribution in [0.25, 0.3) is 81.0 Å². The van der Waals surface area contributed by atoms with E-state index in [0.29, 0.717) is 11.5 Å². The van der Waals surface area contributed by atoms with Crippen molar-refractivity contribution in [3.8, 4) is 45.1 Å². The number of rotatable bonds is 5. The monoisotopic (exact) mass is 769 g/mol. The summed E-state index contributed by atoms with van der Waals surface area (Å²) < 4.78 is 4.92. The molecule has 0 fully saturated rings. The topological polar surface area (TPSA) is 32.0 Å². The van der Waals surface area contributed by atoms with Gasteiger partial charge in [0, 0.05) is 53.9 Å². The smallest absolute Gasteiger partial charge is 0.0992 e. The molecule has 0 saturated heterocycles. The number of nitriles is 1. The lowest BCUT2D eigenvalue weighted by atomic mass is 9.89. The molecule has 3 nitrogen and oxygen atoms in total. The zero-order valence-corrected chi connectivity index (χ0v) is 32.8. The Morgan fingerprint density at radius 1 is 0.492 bits per heavy atom. The molecule has 0 spiro atoms. The Hall–Kier alpha value is -7.45. The van der Waals surface area contributed by atoms with Crippen LogP contribution in [0.5, 0.6) is 0 Å². The summed E-state index contributed by atoms with van der Waals surface area (Å²) in [4.78, 5) is 2.48. The second-order valence-electron chi connectivity index (χ2n) is 15.6. The van der Waals surface area contributed by atoms with Gasteiger partial charge in [0.2, 0.25) is 0 Å². The van der Waals surface area contributed by atoms with Crippen LogP contribution in [0, 0.1) is 11.3 Å². The molecule has 1 aliphatic carbocycles. The molecule has 0 amide bonds. The summed E-state index contributed by atoms with van der Waals surface area (Å²) in [6.45, 7) is 0. The molecule has 59 heavy (non-hydrogen) atoms. The number of nitrogens with zero attached hydrogens (tertiary/aromatic N) is 3. The van der Waals surface area contributed by atoms with Crippen molar-refractivity contribution in [2.75, 3.05) is 4.90 Å². The molecule has 4 heteroatoms. The number of thiophene rings is 1. The van der Waals surface area contributed by atoms with Crippen LogP contribution >= 0.6 is 11.3 Å². The van der Waals surface area contributed by atoms with Crippen LogP contribution in [0.2, 0.25) is 0 Å². The van der Waals surface area contributed by atoms with Crippen LogP contribution in [0.3, 0.4) is 0 Å². The summed E-state index contributed by atoms with van der Waals surface area (Å²) in [5.41, 5.74) is 14.9. The van der Waals surface area contributed by atoms with Crippen LogP contribution in [-0.4, -0.2) is 10.6 Å². The van der Waals surface area contributed by atoms with Crippen LogP contribution in [0.15, 0.2) is 200 Å². The first-order valence-corrected chi connectivity index (χ1v) is 21.0. The predicted octanol–water partition coefficient (Wildman–Crippen LogP) is 14.8. The highest BCUT2D eigenvalue weighted by Crippen LogP contribution is 2.49. The summed E-state index contributed by atoms with van der Waals surface area (Å²) in [5, 5.41) is 14.8. The highest BCUT2D eigenvalue weighted by Gasteiger charge is 2.37. The molecular weight excluding hydrogens is 735 g/mol. The molecule has 2 unspecified atom stereocenters. The van der Waals surface area contributed by atoms with E-state index in [0.717, 1.165) is 16.7 Å². The third-order valence-corrected chi connectivity index (χ3v) is 13.5. The van der Waals surface area contributed by atoms with Crippen molar-refractivity contribution < 1.29 is 0 Å². The lowest BCUT2D eigenvalue weighted by molar-refractivity contribution is 0.745. The van der Waals surface area contributed by atoms with E-state index >= 15 is 0 Å². The minimum Gasteiger partial charge on any atom is -0.333 e. The largest absolute Gasteiger partial charge is 0.333 e. The van der Waals surface area contributed by atoms with Gasteiger partial charge in [-0.1, -0.05) is 127 Å². The van der Waals surface area contributed by atoms with Crippen molar-refractivity contribution >= 4 is 64.7 Å². The van der Waals surface area contributed by atoms with Crippen LogP contribution < -0.4 is 4.90 Å². The zero-order chi connectivity index (χ0) is 39.0. The molecule has 0 radical (unpaired) electrons. The summed E-state index contributed by atoms with van der Waals surface area (Å²) in [6.07, 6.45) is 9.05. The SMILES string of the molecule is N#Cc1cccc(-n2c3ccc(-c4cccc(-c5ccc6c(c5)C5C=CC=CC5N6c5ccccc5)c4)cc3c3ccc(-c4cccc5c4sc4ccccc45)cc32)c1. The number of benzene rings is 8. The number of aromatic nitrogens is 1. The van der Waals surface area contributed by atoms with Gasteiger partial charge in [-0.3, -0.25) is 0 Å². The molecule has 2 aliphatic rings. The fourth-order valence-corrected chi connectivity index (χ4v) is 10.9. The highest BCUT2D eigenvalue weighted by atomic mass is 32.1. The first-order valence-electron chi connectivity index (χ1n) is 20.1. The van der Waals surface area contributed by atoms with E-state index in [1.807, 2.05) is 29.5 Å². The third kappa shape index (κ3) is 5.33. The Kier molecular flexibility index (Phi) is 7.60. The molecule has 2 aromatic heterocycles. The molecule has 10 aromatic rings. The molecule has 12 rings (SSSR count). The molecule has 2 atom stereocenters. The van der Waals surface area contributed by atoms with Gasteiger partial charge in [-0.05, 0) is 112 Å². The quantitative estimate of drug-likeness (QED) is 0.175. The maximum Gasteiger partial charge on any atom is 0.0992 e. The summed E-state index contributed by atoms with van der Waals surface area (Å²) in [7, 11) is 0. The summed E-state index contributed by atoms with van der Waals surface area (Å²) >= 11 is 1.86. The number of hydrogen-bond acceptors (Lipinski definition) is 3. The molecular formula is C55H35N3S. The first-order chi connectivity index (χ1) is 29.2. The minimum atomic E-state index is 0.260. The van der Waals surface area contributed by atoms with E-state index in [1.165, 1.54) is 81.3 Å². The first kappa shape index (κ1) is 33.7. The molecule has 0 N–H and O–H groups in total. The standard InChI is InChI=1S/C55H35N3S/c56-34-35-11-8-16-42(29-35)58-52-28-25-39(32-49(52)45-26-23-40(33-53(45)58)43-19-10-20-47-46-18-5-7-22-54(46)59-55(43)47)37-13-9-12-36(30-37)38-24-27-51-48(31-38)44-17-4-6-21-50(44)57(51)41-14-2-1-3-15-41/h1-33,44,50H. The van der Waals surface area contributed by atoms with Crippen LogP contribution in [0.4, 0.5) is 11.4 Å². The van der Waals surface area contributed by atoms with Gasteiger partial charge in [0.1, 0.15) is 0 Å². The van der Waals surface area contributed by atoms with Gasteiger partial charge in [-0.15, -0.1) is 11.3 Å². The van der Waals surface area contributed by atoms with Gasteiger partial charge in [0.25, 0.3) is 0 Å². The van der Waals surface area contributed by atoms with E-state index in [4.69, 9.17) is 0 Å². The zero-order valence-electron chi connectivity index (χ0n) is 32.0. The minimum absolute atomic E-state index is 0.260. The van der Waals surface area contributed by atoms with Gasteiger partial charge in [-0.25, -0.2) is 0 Å². The molecule has 3 heterocycles. The second-order valence-corrected chi connectivity index (χ2v) is 16.6. The van der Waals surface area contributed by atoms with E-state index in [2.05, 4.69) is 198 Å². The Bertz CT molecular complexity index is 3430. The number of anilines is 2. The average molecular weight is 770 g/mol. The lowest BCUT2D eigenvalue weighted by Crippen LogP contribution is -2.28. The lowest BCUT2D eigenvalue weighted by Gasteiger charge is -2.28. The Morgan fingerprint density at radius 3 is 2.12 bits per heavy atom. The van der Waals surface area contributed by atoms with Crippen molar-refractivity contribution in [1.82, 2.24) is 4.57 Å². The van der Waals surface area contributed by atoms with Crippen molar-refractivity contribution in [2.45, 2.75) is 12.0 Å². The van der Waals surface area contributed by atoms with Crippen molar-refractivity contribution in [3.05, 3.63) is 211 Å². The summed E-state index contributed by atoms with van der Waals surface area (Å²) in [6, 6.07) is 66.4. The predicted molar refractivity (Wildman–Crippen MR) is 248 cm³/mol. The second kappa shape index (κ2) is 13.3. The van der Waals surface area contributed by atoms with Crippen molar-refractivity contribution in [3.63, 3.8) is 0 Å². The highest BCUT2D eigenvalue weighted by molar-refractivity contribution is 7.26. The number of para-hydroxylation sites is 1. The van der Waals surface area contributed by atoms with E-state index in [-0.39, 0.29) is 6.04 Å². The van der Waals surface area contributed by atoms with Crippen LogP contribution in [0.1, 0.15) is 17.0 Å². The van der Waals surface area contributed by atoms with Gasteiger partial charge in [-0.2, -0.15) is 5.26 Å². The molecule has 0 bridgehead atoms. The Balaban J connectivity index is 0.983. The maximum atomic E-state index is 9.90. The fourth-order valence-electron chi connectivity index (χ4n) is 9.62. The van der Waals surface area contributed by atoms with Crippen LogP contribution in [-0.2, 0) is 0 Å². The molecule has 8 aromatic carbocycles. The average Bonchev–Trinajstić information content (AvgIpc) is 3.96. The van der Waals surface area contributed by atoms with Gasteiger partial charge < -0.3 is 9.47 Å². The molecule has 276 valence electrons. The number of fused-ring (bicyclic) bond motifs is 9. The Labute approximate surface area is 346 Å². The molecule has 0 saturated carbocycles. The van der Waals surface area contributed by atoms with Gasteiger partial charge in [0.05, 0.1) is 28.7 Å².